The number of aliphatic carboxylic acids is 1. The molecule has 1 heterocycles. The lowest BCUT2D eigenvalue weighted by molar-refractivity contribution is -0.156. The van der Waals surface area contributed by atoms with Crippen molar-refractivity contribution in [2.45, 2.75) is 18.9 Å². The SMILES string of the molecule is O=C(O)[C@H]1CCN1C(=O)Cc1cc(Cl)ccc1-c1cccc(F)c1. The van der Waals surface area contributed by atoms with E-state index in [9.17, 15) is 14.0 Å². The Morgan fingerprint density at radius 3 is 2.67 bits per heavy atom. The number of amides is 1. The Kier molecular flexibility index (Phi) is 4.53. The highest BCUT2D eigenvalue weighted by atomic mass is 35.5. The first-order valence-electron chi connectivity index (χ1n) is 7.52. The van der Waals surface area contributed by atoms with Crippen molar-refractivity contribution in [2.24, 2.45) is 0 Å². The van der Waals surface area contributed by atoms with Crippen molar-refractivity contribution in [2.75, 3.05) is 6.54 Å². The molecule has 1 atom stereocenters. The number of nitrogens with zero attached hydrogens (tertiary/aromatic N) is 1. The minimum Gasteiger partial charge on any atom is -0.480 e. The number of likely N-dealkylation sites (tertiary alicyclic amines) is 1. The van der Waals surface area contributed by atoms with E-state index < -0.39 is 12.0 Å². The van der Waals surface area contributed by atoms with E-state index in [4.69, 9.17) is 16.7 Å². The molecule has 1 fully saturated rings. The predicted octanol–water partition coefficient (Wildman–Crippen LogP) is 3.37. The molecule has 1 amide bonds. The van der Waals surface area contributed by atoms with Crippen LogP contribution in [0.5, 0.6) is 0 Å². The lowest BCUT2D eigenvalue weighted by atomic mass is 9.95. The third-order valence-electron chi connectivity index (χ3n) is 4.17. The highest BCUT2D eigenvalue weighted by Gasteiger charge is 2.37. The summed E-state index contributed by atoms with van der Waals surface area (Å²) in [5, 5.41) is 9.54. The number of carboxylic acid groups (broad SMARTS) is 1. The van der Waals surface area contributed by atoms with Gasteiger partial charge in [0.05, 0.1) is 6.42 Å². The van der Waals surface area contributed by atoms with Crippen molar-refractivity contribution in [1.29, 1.82) is 0 Å². The molecule has 2 aromatic carbocycles. The van der Waals surface area contributed by atoms with Gasteiger partial charge in [0.2, 0.25) is 5.91 Å². The van der Waals surface area contributed by atoms with Crippen LogP contribution in [0, 0.1) is 5.82 Å². The summed E-state index contributed by atoms with van der Waals surface area (Å²) < 4.78 is 13.5. The van der Waals surface area contributed by atoms with Gasteiger partial charge in [-0.2, -0.15) is 0 Å². The van der Waals surface area contributed by atoms with E-state index in [0.29, 0.717) is 34.7 Å². The molecule has 2 aromatic rings. The second-order valence-corrected chi connectivity index (χ2v) is 6.15. The quantitative estimate of drug-likeness (QED) is 0.922. The van der Waals surface area contributed by atoms with Crippen LogP contribution in [0.4, 0.5) is 4.39 Å². The van der Waals surface area contributed by atoms with Crippen LogP contribution < -0.4 is 0 Å². The molecule has 1 N–H and O–H groups in total. The molecule has 0 radical (unpaired) electrons. The third-order valence-corrected chi connectivity index (χ3v) is 4.40. The second kappa shape index (κ2) is 6.61. The highest BCUT2D eigenvalue weighted by Crippen LogP contribution is 2.29. The Labute approximate surface area is 143 Å². The number of rotatable bonds is 4. The summed E-state index contributed by atoms with van der Waals surface area (Å²) in [6.45, 7) is 0.436. The van der Waals surface area contributed by atoms with Gasteiger partial charge >= 0.3 is 5.97 Å². The number of carbonyl (C=O) groups excluding carboxylic acids is 1. The summed E-state index contributed by atoms with van der Waals surface area (Å²) >= 11 is 6.03. The Balaban J connectivity index is 1.89. The average molecular weight is 348 g/mol. The molecule has 0 bridgehead atoms. The smallest absolute Gasteiger partial charge is 0.326 e. The molecule has 6 heteroatoms. The maximum Gasteiger partial charge on any atom is 0.326 e. The Bertz CT molecular complexity index is 809. The summed E-state index contributed by atoms with van der Waals surface area (Å²) in [4.78, 5) is 24.8. The zero-order chi connectivity index (χ0) is 17.3. The van der Waals surface area contributed by atoms with Crippen LogP contribution in [0.15, 0.2) is 42.5 Å². The normalized spacial score (nSPS) is 16.6. The van der Waals surface area contributed by atoms with Gasteiger partial charge in [-0.15, -0.1) is 0 Å². The van der Waals surface area contributed by atoms with Crippen LogP contribution in [-0.2, 0) is 16.0 Å². The molecule has 0 aliphatic carbocycles. The number of hydrogen-bond donors (Lipinski definition) is 1. The number of carboxylic acids is 1. The first-order valence-corrected chi connectivity index (χ1v) is 7.90. The summed E-state index contributed by atoms with van der Waals surface area (Å²) in [5.41, 5.74) is 2.00. The minimum absolute atomic E-state index is 0.0240. The van der Waals surface area contributed by atoms with Gasteiger partial charge in [-0.05, 0) is 47.4 Å². The van der Waals surface area contributed by atoms with Gasteiger partial charge in [0.15, 0.2) is 0 Å². The maximum atomic E-state index is 13.5. The Morgan fingerprint density at radius 2 is 2.04 bits per heavy atom. The van der Waals surface area contributed by atoms with E-state index in [1.807, 2.05) is 0 Å². The fourth-order valence-electron chi connectivity index (χ4n) is 2.85. The molecule has 0 unspecified atom stereocenters. The van der Waals surface area contributed by atoms with Crippen molar-refractivity contribution in [1.82, 2.24) is 4.90 Å². The second-order valence-electron chi connectivity index (χ2n) is 5.72. The van der Waals surface area contributed by atoms with E-state index in [1.54, 1.807) is 30.3 Å². The summed E-state index contributed by atoms with van der Waals surface area (Å²) in [6, 6.07) is 10.4. The molecule has 1 saturated heterocycles. The van der Waals surface area contributed by atoms with Crippen LogP contribution in [0.3, 0.4) is 0 Å². The molecular formula is C18H15ClFNO3. The lowest BCUT2D eigenvalue weighted by Gasteiger charge is -2.38. The Morgan fingerprint density at radius 1 is 1.25 bits per heavy atom. The molecule has 1 aliphatic rings. The van der Waals surface area contributed by atoms with E-state index in [0.717, 1.165) is 0 Å². The van der Waals surface area contributed by atoms with Crippen LogP contribution in [0.2, 0.25) is 5.02 Å². The number of halogens is 2. The minimum atomic E-state index is -0.994. The number of benzene rings is 2. The van der Waals surface area contributed by atoms with E-state index in [1.165, 1.54) is 17.0 Å². The summed E-state index contributed by atoms with van der Waals surface area (Å²) in [5.74, 6) is -1.63. The largest absolute Gasteiger partial charge is 0.480 e. The maximum absolute atomic E-state index is 13.5. The predicted molar refractivity (Wildman–Crippen MR) is 88.3 cm³/mol. The fourth-order valence-corrected chi connectivity index (χ4v) is 3.05. The monoisotopic (exact) mass is 347 g/mol. The highest BCUT2D eigenvalue weighted by molar-refractivity contribution is 6.30. The topological polar surface area (TPSA) is 57.6 Å². The van der Waals surface area contributed by atoms with Crippen molar-refractivity contribution in [3.63, 3.8) is 0 Å². The fraction of sp³-hybridized carbons (Fsp3) is 0.222. The molecule has 0 aromatic heterocycles. The van der Waals surface area contributed by atoms with Crippen molar-refractivity contribution < 1.29 is 19.1 Å². The van der Waals surface area contributed by atoms with Gasteiger partial charge in [0.25, 0.3) is 0 Å². The van der Waals surface area contributed by atoms with Crippen LogP contribution in [0.25, 0.3) is 11.1 Å². The van der Waals surface area contributed by atoms with Crippen molar-refractivity contribution >= 4 is 23.5 Å². The zero-order valence-electron chi connectivity index (χ0n) is 12.7. The van der Waals surface area contributed by atoms with Gasteiger partial charge in [0.1, 0.15) is 11.9 Å². The molecule has 0 saturated carbocycles. The van der Waals surface area contributed by atoms with E-state index in [2.05, 4.69) is 0 Å². The first-order chi connectivity index (χ1) is 11.5. The molecule has 24 heavy (non-hydrogen) atoms. The Hall–Kier alpha value is -2.40. The average Bonchev–Trinajstić information content (AvgIpc) is 2.45. The number of hydrogen-bond acceptors (Lipinski definition) is 2. The van der Waals surface area contributed by atoms with Gasteiger partial charge in [-0.3, -0.25) is 4.79 Å². The standard InChI is InChI=1S/C18H15ClFNO3/c19-13-4-5-15(11-2-1-3-14(20)9-11)12(8-13)10-17(22)21-7-6-16(21)18(23)24/h1-5,8-9,16H,6-7,10H2,(H,23,24)/t16-/m1/s1. The zero-order valence-corrected chi connectivity index (χ0v) is 13.5. The van der Waals surface area contributed by atoms with Crippen LogP contribution >= 0.6 is 11.6 Å². The van der Waals surface area contributed by atoms with Crippen LogP contribution in [-0.4, -0.2) is 34.5 Å². The van der Waals surface area contributed by atoms with Crippen molar-refractivity contribution in [3.8, 4) is 11.1 Å². The lowest BCUT2D eigenvalue weighted by Crippen LogP contribution is -2.55. The molecule has 0 spiro atoms. The van der Waals surface area contributed by atoms with Gasteiger partial charge < -0.3 is 10.0 Å². The molecule has 4 nitrogen and oxygen atoms in total. The first kappa shape index (κ1) is 16.5. The summed E-state index contributed by atoms with van der Waals surface area (Å²) in [6.07, 6.45) is 0.490. The van der Waals surface area contributed by atoms with Crippen LogP contribution in [0.1, 0.15) is 12.0 Å². The molecule has 1 aliphatic heterocycles. The third kappa shape index (κ3) is 3.26. The summed E-state index contributed by atoms with van der Waals surface area (Å²) in [7, 11) is 0. The number of carbonyl (C=O) groups is 2. The molecule has 124 valence electrons. The molecule has 3 rings (SSSR count). The van der Waals surface area contributed by atoms with E-state index in [-0.39, 0.29) is 18.1 Å². The van der Waals surface area contributed by atoms with Gasteiger partial charge in [-0.1, -0.05) is 29.8 Å². The van der Waals surface area contributed by atoms with Gasteiger partial charge in [0, 0.05) is 11.6 Å². The van der Waals surface area contributed by atoms with E-state index >= 15 is 0 Å². The molecular weight excluding hydrogens is 333 g/mol. The van der Waals surface area contributed by atoms with Gasteiger partial charge in [-0.25, -0.2) is 9.18 Å². The van der Waals surface area contributed by atoms with Crippen molar-refractivity contribution in [3.05, 3.63) is 58.9 Å².